The van der Waals surface area contributed by atoms with E-state index in [1.807, 2.05) is 0 Å². The van der Waals surface area contributed by atoms with Crippen molar-refractivity contribution in [3.8, 4) is 0 Å². The molecule has 0 amide bonds. The minimum Gasteiger partial charge on any atom is -0.462 e. The van der Waals surface area contributed by atoms with Crippen LogP contribution in [0.15, 0.2) is 24.3 Å². The number of esters is 3. The van der Waals surface area contributed by atoms with Gasteiger partial charge in [-0.15, -0.1) is 0 Å². The van der Waals surface area contributed by atoms with E-state index in [0.29, 0.717) is 19.3 Å². The molecule has 0 aliphatic heterocycles. The molecule has 0 N–H and O–H groups in total. The van der Waals surface area contributed by atoms with Crippen molar-refractivity contribution in [2.45, 2.75) is 322 Å². The smallest absolute Gasteiger partial charge is 0.306 e. The van der Waals surface area contributed by atoms with Gasteiger partial charge in [-0.25, -0.2) is 0 Å². The summed E-state index contributed by atoms with van der Waals surface area (Å²) in [7, 11) is 0. The van der Waals surface area contributed by atoms with Crippen LogP contribution in [0.1, 0.15) is 316 Å². The number of unbranched alkanes of at least 4 members (excludes halogenated alkanes) is 38. The summed E-state index contributed by atoms with van der Waals surface area (Å²) in [4.78, 5) is 38.1. The SMILES string of the molecule is CCCCCC/C=C\CCCCCCCC(=O)OCC(COC(=O)CCCCCCCCCCCCCCCCCCCCC)OC(=O)CCCCCCC/C=C\CCCCCCCC. The minimum absolute atomic E-state index is 0.0729. The van der Waals surface area contributed by atoms with Gasteiger partial charge in [0.25, 0.3) is 0 Å². The molecule has 0 aromatic carbocycles. The van der Waals surface area contributed by atoms with Crippen LogP contribution in [0.25, 0.3) is 0 Å². The summed E-state index contributed by atoms with van der Waals surface area (Å²) in [5.74, 6) is -0.872. The van der Waals surface area contributed by atoms with Crippen LogP contribution in [0.3, 0.4) is 0 Å². The molecule has 382 valence electrons. The van der Waals surface area contributed by atoms with Crippen LogP contribution < -0.4 is 0 Å². The highest BCUT2D eigenvalue weighted by atomic mass is 16.6. The summed E-state index contributed by atoms with van der Waals surface area (Å²) >= 11 is 0. The molecule has 0 aromatic heterocycles. The van der Waals surface area contributed by atoms with E-state index in [-0.39, 0.29) is 31.1 Å². The van der Waals surface area contributed by atoms with Gasteiger partial charge in [-0.3, -0.25) is 14.4 Å². The average molecular weight is 916 g/mol. The fourth-order valence-corrected chi connectivity index (χ4v) is 8.55. The predicted octanol–water partition coefficient (Wildman–Crippen LogP) is 19.1. The molecule has 0 spiro atoms. The van der Waals surface area contributed by atoms with Gasteiger partial charge in [0.2, 0.25) is 0 Å². The molecule has 0 saturated heterocycles. The number of allylic oxidation sites excluding steroid dienone is 4. The van der Waals surface area contributed by atoms with Gasteiger partial charge in [0.15, 0.2) is 6.10 Å². The van der Waals surface area contributed by atoms with Crippen molar-refractivity contribution in [2.24, 2.45) is 0 Å². The predicted molar refractivity (Wildman–Crippen MR) is 279 cm³/mol. The van der Waals surface area contributed by atoms with E-state index in [1.165, 1.54) is 205 Å². The van der Waals surface area contributed by atoms with E-state index in [4.69, 9.17) is 14.2 Å². The Balaban J connectivity index is 4.31. The first-order valence-corrected chi connectivity index (χ1v) is 28.8. The molecule has 0 aliphatic carbocycles. The third kappa shape index (κ3) is 52.7. The van der Waals surface area contributed by atoms with Crippen LogP contribution in [0.4, 0.5) is 0 Å². The van der Waals surface area contributed by atoms with Crippen LogP contribution in [-0.2, 0) is 28.6 Å². The summed E-state index contributed by atoms with van der Waals surface area (Å²) in [6.45, 7) is 6.65. The number of hydrogen-bond donors (Lipinski definition) is 0. The van der Waals surface area contributed by atoms with Crippen molar-refractivity contribution in [1.29, 1.82) is 0 Å². The van der Waals surface area contributed by atoms with Crippen molar-refractivity contribution in [3.63, 3.8) is 0 Å². The second-order valence-corrected chi connectivity index (χ2v) is 19.6. The molecular weight excluding hydrogens is 805 g/mol. The van der Waals surface area contributed by atoms with E-state index in [1.54, 1.807) is 0 Å². The lowest BCUT2D eigenvalue weighted by Crippen LogP contribution is -2.30. The van der Waals surface area contributed by atoms with Gasteiger partial charge >= 0.3 is 17.9 Å². The number of carbonyl (C=O) groups excluding carboxylic acids is 3. The maximum Gasteiger partial charge on any atom is 0.306 e. The molecule has 1 atom stereocenters. The first-order chi connectivity index (χ1) is 32.0. The Kier molecular flexibility index (Phi) is 52.7. The van der Waals surface area contributed by atoms with Crippen LogP contribution in [0.2, 0.25) is 0 Å². The van der Waals surface area contributed by atoms with Crippen molar-refractivity contribution in [2.75, 3.05) is 13.2 Å². The molecule has 0 heterocycles. The molecule has 0 saturated carbocycles. The zero-order valence-electron chi connectivity index (χ0n) is 43.8. The summed E-state index contributed by atoms with van der Waals surface area (Å²) in [5, 5.41) is 0. The quantitative estimate of drug-likeness (QED) is 0.0262. The maximum absolute atomic E-state index is 12.8. The largest absolute Gasteiger partial charge is 0.462 e. The van der Waals surface area contributed by atoms with Crippen LogP contribution in [-0.4, -0.2) is 37.2 Å². The Morgan fingerprint density at radius 3 is 0.785 bits per heavy atom. The molecule has 6 heteroatoms. The minimum atomic E-state index is -0.775. The van der Waals surface area contributed by atoms with Crippen molar-refractivity contribution in [1.82, 2.24) is 0 Å². The van der Waals surface area contributed by atoms with Gasteiger partial charge in [-0.1, -0.05) is 251 Å². The van der Waals surface area contributed by atoms with Gasteiger partial charge in [0.05, 0.1) is 0 Å². The number of rotatable bonds is 53. The second-order valence-electron chi connectivity index (χ2n) is 19.6. The third-order valence-corrected chi connectivity index (χ3v) is 12.9. The molecule has 65 heavy (non-hydrogen) atoms. The monoisotopic (exact) mass is 915 g/mol. The second kappa shape index (κ2) is 54.5. The van der Waals surface area contributed by atoms with Gasteiger partial charge in [-0.2, -0.15) is 0 Å². The van der Waals surface area contributed by atoms with Crippen molar-refractivity contribution < 1.29 is 28.6 Å². The lowest BCUT2D eigenvalue weighted by Gasteiger charge is -2.18. The molecule has 0 fully saturated rings. The van der Waals surface area contributed by atoms with Crippen molar-refractivity contribution in [3.05, 3.63) is 24.3 Å². The Labute approximate surface area is 404 Å². The molecule has 6 nitrogen and oxygen atoms in total. The number of hydrogen-bond acceptors (Lipinski definition) is 6. The van der Waals surface area contributed by atoms with E-state index < -0.39 is 6.10 Å². The highest BCUT2D eigenvalue weighted by molar-refractivity contribution is 5.71. The number of carbonyl (C=O) groups is 3. The first-order valence-electron chi connectivity index (χ1n) is 28.8. The van der Waals surface area contributed by atoms with E-state index in [0.717, 1.165) is 70.6 Å². The van der Waals surface area contributed by atoms with Crippen LogP contribution >= 0.6 is 0 Å². The normalized spacial score (nSPS) is 12.1. The Bertz CT molecular complexity index is 1050. The first kappa shape index (κ1) is 62.9. The fraction of sp³-hybridized carbons (Fsp3) is 0.881. The highest BCUT2D eigenvalue weighted by Gasteiger charge is 2.19. The van der Waals surface area contributed by atoms with Gasteiger partial charge in [0, 0.05) is 19.3 Å². The van der Waals surface area contributed by atoms with E-state index >= 15 is 0 Å². The van der Waals surface area contributed by atoms with Gasteiger partial charge in [0.1, 0.15) is 13.2 Å². The zero-order valence-corrected chi connectivity index (χ0v) is 43.8. The van der Waals surface area contributed by atoms with Gasteiger partial charge < -0.3 is 14.2 Å². The summed E-state index contributed by atoms with van der Waals surface area (Å²) in [5.41, 5.74) is 0. The molecule has 0 rings (SSSR count). The molecule has 1 unspecified atom stereocenters. The average Bonchev–Trinajstić information content (AvgIpc) is 3.30. The Morgan fingerprint density at radius 2 is 0.508 bits per heavy atom. The maximum atomic E-state index is 12.8. The van der Waals surface area contributed by atoms with Crippen LogP contribution in [0, 0.1) is 0 Å². The molecular formula is C59H110O6. The Hall–Kier alpha value is -2.11. The fourth-order valence-electron chi connectivity index (χ4n) is 8.55. The van der Waals surface area contributed by atoms with Crippen molar-refractivity contribution >= 4 is 17.9 Å². The summed E-state index contributed by atoms with van der Waals surface area (Å²) < 4.78 is 16.9. The molecule has 0 aromatic rings. The highest BCUT2D eigenvalue weighted by Crippen LogP contribution is 2.17. The Morgan fingerprint density at radius 1 is 0.292 bits per heavy atom. The number of ether oxygens (including phenoxy) is 3. The summed E-state index contributed by atoms with van der Waals surface area (Å²) in [6, 6.07) is 0. The third-order valence-electron chi connectivity index (χ3n) is 12.9. The molecule has 0 bridgehead atoms. The lowest BCUT2D eigenvalue weighted by molar-refractivity contribution is -0.167. The van der Waals surface area contributed by atoms with E-state index in [2.05, 4.69) is 45.1 Å². The molecule has 0 radical (unpaired) electrons. The van der Waals surface area contributed by atoms with Crippen LogP contribution in [0.5, 0.6) is 0 Å². The zero-order chi connectivity index (χ0) is 47.2. The van der Waals surface area contributed by atoms with E-state index in [9.17, 15) is 14.4 Å². The van der Waals surface area contributed by atoms with Gasteiger partial charge in [-0.05, 0) is 70.6 Å². The summed E-state index contributed by atoms with van der Waals surface area (Å²) in [6.07, 6.45) is 63.1. The lowest BCUT2D eigenvalue weighted by atomic mass is 10.0. The standard InChI is InChI=1S/C59H110O6/c1-4-7-10-13-16-19-22-25-27-28-29-30-32-34-37-40-43-46-49-52-58(61)64-55-56(54-63-57(60)51-48-45-42-39-36-33-24-21-18-15-12-9-6-3)65-59(62)53-50-47-44-41-38-35-31-26-23-20-17-14-11-8-5-2/h21,24,26,31,56H,4-20,22-23,25,27-30,32-55H2,1-3H3/b24-21-,31-26-. The topological polar surface area (TPSA) is 78.9 Å². The molecule has 0 aliphatic rings.